The van der Waals surface area contributed by atoms with Crippen LogP contribution in [0.25, 0.3) is 11.4 Å². The number of rotatable bonds is 7. The molecule has 0 aliphatic rings. The highest BCUT2D eigenvalue weighted by Gasteiger charge is 2.18. The maximum absolute atomic E-state index is 12.6. The molecule has 3 rings (SSSR count). The van der Waals surface area contributed by atoms with Gasteiger partial charge in [-0.15, -0.1) is 0 Å². The number of aromatic nitrogens is 2. The fraction of sp³-hybridized carbons (Fsp3) is 0.318. The van der Waals surface area contributed by atoms with E-state index in [9.17, 15) is 4.79 Å². The molecule has 28 heavy (non-hydrogen) atoms. The van der Waals surface area contributed by atoms with Crippen molar-refractivity contribution < 1.29 is 14.1 Å². The third-order valence-corrected chi connectivity index (χ3v) is 4.90. The first-order chi connectivity index (χ1) is 13.5. The smallest absolute Gasteiger partial charge is 0.227 e. The van der Waals surface area contributed by atoms with Gasteiger partial charge in [0.25, 0.3) is 0 Å². The Kier molecular flexibility index (Phi) is 6.09. The fourth-order valence-electron chi connectivity index (χ4n) is 2.89. The summed E-state index contributed by atoms with van der Waals surface area (Å²) in [5.41, 5.74) is 3.15. The average Bonchev–Trinajstić information content (AvgIpc) is 3.20. The van der Waals surface area contributed by atoms with E-state index in [0.29, 0.717) is 24.6 Å². The zero-order valence-electron chi connectivity index (χ0n) is 16.7. The lowest BCUT2D eigenvalue weighted by Crippen LogP contribution is -2.29. The number of hydrogen-bond acceptors (Lipinski definition) is 5. The second kappa shape index (κ2) is 8.69. The van der Waals surface area contributed by atoms with Gasteiger partial charge in [-0.3, -0.25) is 4.79 Å². The number of amides is 1. The summed E-state index contributed by atoms with van der Waals surface area (Å²) in [5.74, 6) is 1.77. The molecule has 146 valence electrons. The molecular formula is C22H25N3O3. The minimum Gasteiger partial charge on any atom is -0.497 e. The van der Waals surface area contributed by atoms with E-state index in [1.54, 1.807) is 12.0 Å². The number of methoxy groups -OCH3 is 1. The van der Waals surface area contributed by atoms with Crippen LogP contribution in [0.4, 0.5) is 0 Å². The molecule has 1 unspecified atom stereocenters. The largest absolute Gasteiger partial charge is 0.497 e. The molecule has 1 atom stereocenters. The maximum atomic E-state index is 12.6. The minimum absolute atomic E-state index is 0.00523. The van der Waals surface area contributed by atoms with Crippen LogP contribution >= 0.6 is 0 Å². The number of ether oxygens (including phenoxy) is 1. The molecule has 0 N–H and O–H groups in total. The van der Waals surface area contributed by atoms with Crippen LogP contribution in [0.15, 0.2) is 53.1 Å². The van der Waals surface area contributed by atoms with Crippen molar-refractivity contribution in [3.8, 4) is 17.1 Å². The summed E-state index contributed by atoms with van der Waals surface area (Å²) < 4.78 is 10.4. The molecule has 0 spiro atoms. The van der Waals surface area contributed by atoms with Gasteiger partial charge in [0.2, 0.25) is 17.6 Å². The van der Waals surface area contributed by atoms with Crippen LogP contribution in [0.3, 0.4) is 0 Å². The fourth-order valence-corrected chi connectivity index (χ4v) is 2.89. The summed E-state index contributed by atoms with van der Waals surface area (Å²) in [6.45, 7) is 4.07. The van der Waals surface area contributed by atoms with Crippen molar-refractivity contribution >= 4 is 5.91 Å². The van der Waals surface area contributed by atoms with Crippen LogP contribution in [-0.4, -0.2) is 35.1 Å². The lowest BCUT2D eigenvalue weighted by molar-refractivity contribution is -0.131. The Morgan fingerprint density at radius 2 is 1.82 bits per heavy atom. The molecule has 0 aliphatic heterocycles. The summed E-state index contributed by atoms with van der Waals surface area (Å²) in [5, 5.41) is 4.00. The van der Waals surface area contributed by atoms with Crippen molar-refractivity contribution in [1.82, 2.24) is 15.0 Å². The van der Waals surface area contributed by atoms with Gasteiger partial charge in [-0.05, 0) is 43.7 Å². The van der Waals surface area contributed by atoms with E-state index in [0.717, 1.165) is 16.9 Å². The lowest BCUT2D eigenvalue weighted by Gasteiger charge is -2.25. The monoisotopic (exact) mass is 379 g/mol. The summed E-state index contributed by atoms with van der Waals surface area (Å²) in [6.07, 6.45) is 0.726. The third kappa shape index (κ3) is 4.57. The Balaban J connectivity index is 1.58. The Hall–Kier alpha value is -3.15. The number of nitrogens with zero attached hydrogens (tertiary/aromatic N) is 3. The van der Waals surface area contributed by atoms with Gasteiger partial charge >= 0.3 is 0 Å². The summed E-state index contributed by atoms with van der Waals surface area (Å²) in [7, 11) is 3.44. The van der Waals surface area contributed by atoms with E-state index in [1.165, 1.54) is 5.56 Å². The number of aryl methyl sites for hydroxylation is 2. The van der Waals surface area contributed by atoms with E-state index >= 15 is 0 Å². The molecule has 0 aliphatic carbocycles. The van der Waals surface area contributed by atoms with Crippen molar-refractivity contribution in [1.29, 1.82) is 0 Å². The molecule has 0 radical (unpaired) electrons. The molecule has 0 bridgehead atoms. The van der Waals surface area contributed by atoms with Crippen LogP contribution in [-0.2, 0) is 11.2 Å². The minimum atomic E-state index is 0.00523. The predicted octanol–water partition coefficient (Wildman–Crippen LogP) is 4.21. The third-order valence-electron chi connectivity index (χ3n) is 4.90. The zero-order chi connectivity index (χ0) is 20.1. The van der Waals surface area contributed by atoms with Crippen LogP contribution in [0.5, 0.6) is 5.75 Å². The quantitative estimate of drug-likeness (QED) is 0.615. The highest BCUT2D eigenvalue weighted by molar-refractivity contribution is 5.76. The highest BCUT2D eigenvalue weighted by Crippen LogP contribution is 2.22. The van der Waals surface area contributed by atoms with E-state index < -0.39 is 0 Å². The Bertz CT molecular complexity index is 917. The standard InChI is InChI=1S/C22H25N3O3/c1-15-5-7-17(8-6-15)16(2)25(3)21(26)14-13-20-23-22(24-28-20)18-9-11-19(27-4)12-10-18/h5-12,16H,13-14H2,1-4H3. The van der Waals surface area contributed by atoms with E-state index in [2.05, 4.69) is 34.4 Å². The molecule has 3 aromatic rings. The number of carbonyl (C=O) groups is 1. The van der Waals surface area contributed by atoms with Crippen LogP contribution in [0.2, 0.25) is 0 Å². The molecule has 1 heterocycles. The highest BCUT2D eigenvalue weighted by atomic mass is 16.5. The van der Waals surface area contributed by atoms with Gasteiger partial charge in [0.15, 0.2) is 0 Å². The molecule has 0 saturated heterocycles. The molecular weight excluding hydrogens is 354 g/mol. The predicted molar refractivity (Wildman–Crippen MR) is 107 cm³/mol. The van der Waals surface area contributed by atoms with Crippen molar-refractivity contribution in [3.05, 3.63) is 65.5 Å². The molecule has 0 saturated carbocycles. The number of benzene rings is 2. The average molecular weight is 379 g/mol. The molecule has 6 heteroatoms. The van der Waals surface area contributed by atoms with Gasteiger partial charge in [0, 0.05) is 25.5 Å². The van der Waals surface area contributed by atoms with Gasteiger partial charge in [0.05, 0.1) is 13.2 Å². The number of hydrogen-bond donors (Lipinski definition) is 0. The van der Waals surface area contributed by atoms with Gasteiger partial charge in [-0.2, -0.15) is 4.98 Å². The van der Waals surface area contributed by atoms with Crippen molar-refractivity contribution in [2.75, 3.05) is 14.2 Å². The van der Waals surface area contributed by atoms with Crippen molar-refractivity contribution in [3.63, 3.8) is 0 Å². The molecule has 1 amide bonds. The topological polar surface area (TPSA) is 68.5 Å². The Morgan fingerprint density at radius 3 is 2.46 bits per heavy atom. The van der Waals surface area contributed by atoms with Crippen molar-refractivity contribution in [2.45, 2.75) is 32.7 Å². The number of carbonyl (C=O) groups excluding carboxylic acids is 1. The molecule has 6 nitrogen and oxygen atoms in total. The summed E-state index contributed by atoms with van der Waals surface area (Å²) in [4.78, 5) is 18.7. The molecule has 0 fully saturated rings. The second-order valence-corrected chi connectivity index (χ2v) is 6.83. The maximum Gasteiger partial charge on any atom is 0.227 e. The summed E-state index contributed by atoms with van der Waals surface area (Å²) in [6, 6.07) is 15.7. The van der Waals surface area contributed by atoms with E-state index in [4.69, 9.17) is 9.26 Å². The van der Waals surface area contributed by atoms with E-state index in [-0.39, 0.29) is 11.9 Å². The van der Waals surface area contributed by atoms with Crippen LogP contribution in [0.1, 0.15) is 36.4 Å². The van der Waals surface area contributed by atoms with Crippen LogP contribution < -0.4 is 4.74 Å². The molecule has 2 aromatic carbocycles. The van der Waals surface area contributed by atoms with Crippen LogP contribution in [0, 0.1) is 6.92 Å². The van der Waals surface area contributed by atoms with Crippen molar-refractivity contribution in [2.24, 2.45) is 0 Å². The van der Waals surface area contributed by atoms with Gasteiger partial charge < -0.3 is 14.2 Å². The van der Waals surface area contributed by atoms with Gasteiger partial charge in [-0.1, -0.05) is 35.0 Å². The second-order valence-electron chi connectivity index (χ2n) is 6.83. The van der Waals surface area contributed by atoms with Gasteiger partial charge in [-0.25, -0.2) is 0 Å². The lowest BCUT2D eigenvalue weighted by atomic mass is 10.1. The Labute approximate surface area is 165 Å². The normalized spacial score (nSPS) is 11.9. The van der Waals surface area contributed by atoms with Gasteiger partial charge in [0.1, 0.15) is 5.75 Å². The first-order valence-corrected chi connectivity index (χ1v) is 9.27. The zero-order valence-corrected chi connectivity index (χ0v) is 16.7. The first kappa shape index (κ1) is 19.6. The van der Waals surface area contributed by atoms with E-state index in [1.807, 2.05) is 45.2 Å². The first-order valence-electron chi connectivity index (χ1n) is 9.27. The Morgan fingerprint density at radius 1 is 1.14 bits per heavy atom. The molecule has 1 aromatic heterocycles. The summed E-state index contributed by atoms with van der Waals surface area (Å²) >= 11 is 0. The SMILES string of the molecule is COc1ccc(-c2noc(CCC(=O)N(C)C(C)c3ccc(C)cc3)n2)cc1.